The quantitative estimate of drug-likeness (QED) is 0.0757. The summed E-state index contributed by atoms with van der Waals surface area (Å²) >= 11 is 0. The molecule has 69 heavy (non-hydrogen) atoms. The number of nitrogens with zero attached hydrogens (tertiary/aromatic N) is 1. The molecular weight excluding hydrogens is 851 g/mol. The molecule has 1 aliphatic rings. The van der Waals surface area contributed by atoms with Gasteiger partial charge in [0.2, 0.25) is 0 Å². The molecule has 9 aromatic rings. The lowest BCUT2D eigenvalue weighted by Gasteiger charge is -2.47. The van der Waals surface area contributed by atoms with Crippen LogP contribution < -0.4 is 0 Å². The van der Waals surface area contributed by atoms with Gasteiger partial charge in [-0.05, 0) is 69.0 Å². The lowest BCUT2D eigenvalue weighted by atomic mass is 9.80. The summed E-state index contributed by atoms with van der Waals surface area (Å²) in [6, 6.07) is 80.1. The zero-order chi connectivity index (χ0) is 46.7. The highest BCUT2D eigenvalue weighted by Gasteiger charge is 2.51. The van der Waals surface area contributed by atoms with Crippen molar-refractivity contribution in [2.24, 2.45) is 0 Å². The van der Waals surface area contributed by atoms with Crippen LogP contribution in [0.15, 0.2) is 237 Å². The van der Waals surface area contributed by atoms with Gasteiger partial charge >= 0.3 is 0 Å². The van der Waals surface area contributed by atoms with Crippen molar-refractivity contribution < 1.29 is 23.7 Å². The van der Waals surface area contributed by atoms with Gasteiger partial charge in [0.1, 0.15) is 30.0 Å². The first-order valence-electron chi connectivity index (χ1n) is 24.2. The van der Waals surface area contributed by atoms with Gasteiger partial charge in [0.05, 0.1) is 31.9 Å². The largest absolute Gasteiger partial charge is 0.368 e. The van der Waals surface area contributed by atoms with Crippen molar-refractivity contribution in [3.8, 4) is 0 Å². The molecule has 1 saturated heterocycles. The standard InChI is InChI=1S/C63H59NO5/c1-2-47-37-39-48(40-38-47)41-52-42-64(57-36-22-21-35-56(52)57)62-61(67-45-51-27-13-5-14-28-51)60(66-44-50-25-11-4-12-26-50)59(65-43-49-23-9-3-10-24-49)58(69-62)46-68-63(53-29-15-6-16-30-53,54-31-17-7-18-32-54)55-33-19-8-20-34-55/h3-40,42,58-62H,2,41,43-46H2,1H3/t58-,59-,60+,61-,62-/m1/s1. The second kappa shape index (κ2) is 22.0. The third kappa shape index (κ3) is 10.4. The summed E-state index contributed by atoms with van der Waals surface area (Å²) < 4.78 is 39.3. The average Bonchev–Trinajstić information content (AvgIpc) is 3.79. The molecule has 0 saturated carbocycles. The molecule has 8 aromatic carbocycles. The van der Waals surface area contributed by atoms with Crippen LogP contribution in [0.4, 0.5) is 0 Å². The molecule has 0 N–H and O–H groups in total. The maximum Gasteiger partial charge on any atom is 0.163 e. The van der Waals surface area contributed by atoms with E-state index in [9.17, 15) is 0 Å². The minimum atomic E-state index is -1.01. The zero-order valence-electron chi connectivity index (χ0n) is 39.1. The van der Waals surface area contributed by atoms with Gasteiger partial charge < -0.3 is 28.3 Å². The number of aromatic nitrogens is 1. The average molecular weight is 910 g/mol. The molecule has 6 nitrogen and oxygen atoms in total. The molecule has 0 aliphatic carbocycles. The number of fused-ring (bicyclic) bond motifs is 1. The number of hydrogen-bond acceptors (Lipinski definition) is 5. The van der Waals surface area contributed by atoms with E-state index in [1.807, 2.05) is 60.7 Å². The van der Waals surface area contributed by atoms with Gasteiger partial charge in [0, 0.05) is 11.6 Å². The maximum atomic E-state index is 7.67. The van der Waals surface area contributed by atoms with E-state index in [-0.39, 0.29) is 6.61 Å². The van der Waals surface area contributed by atoms with E-state index in [2.05, 4.69) is 188 Å². The van der Waals surface area contributed by atoms with E-state index in [1.54, 1.807) is 0 Å². The Labute approximate surface area is 406 Å². The van der Waals surface area contributed by atoms with Crippen LogP contribution in [0.2, 0.25) is 0 Å². The van der Waals surface area contributed by atoms with Gasteiger partial charge in [-0.25, -0.2) is 0 Å². The predicted molar refractivity (Wildman–Crippen MR) is 275 cm³/mol. The Bertz CT molecular complexity index is 2850. The number of ether oxygens (including phenoxy) is 5. The summed E-state index contributed by atoms with van der Waals surface area (Å²) in [5.74, 6) is 0. The van der Waals surface area contributed by atoms with Crippen LogP contribution in [0.1, 0.15) is 63.2 Å². The summed E-state index contributed by atoms with van der Waals surface area (Å²) in [6.07, 6.45) is 0.859. The summed E-state index contributed by atoms with van der Waals surface area (Å²) in [6.45, 7) is 3.37. The molecule has 1 fully saturated rings. The Balaban J connectivity index is 1.12. The molecule has 0 spiro atoms. The molecule has 10 rings (SSSR count). The van der Waals surface area contributed by atoms with Crippen molar-refractivity contribution in [3.63, 3.8) is 0 Å². The van der Waals surface area contributed by atoms with Crippen molar-refractivity contribution in [3.05, 3.63) is 287 Å². The van der Waals surface area contributed by atoms with Gasteiger partial charge in [-0.2, -0.15) is 0 Å². The van der Waals surface area contributed by atoms with Gasteiger partial charge in [0.15, 0.2) is 6.23 Å². The maximum absolute atomic E-state index is 7.67. The van der Waals surface area contributed by atoms with Crippen LogP contribution in [0.5, 0.6) is 0 Å². The molecule has 0 unspecified atom stereocenters. The molecule has 0 bridgehead atoms. The number of benzene rings is 8. The van der Waals surface area contributed by atoms with Crippen molar-refractivity contribution in [2.45, 2.75) is 75.8 Å². The summed E-state index contributed by atoms with van der Waals surface area (Å²) in [5, 5.41) is 1.16. The third-order valence-corrected chi connectivity index (χ3v) is 13.4. The summed E-state index contributed by atoms with van der Waals surface area (Å²) in [7, 11) is 0. The smallest absolute Gasteiger partial charge is 0.163 e. The summed E-state index contributed by atoms with van der Waals surface area (Å²) in [5.41, 5.74) is 9.98. The number of para-hydroxylation sites is 1. The van der Waals surface area contributed by atoms with Crippen LogP contribution in [0, 0.1) is 0 Å². The Morgan fingerprint density at radius 3 is 1.35 bits per heavy atom. The van der Waals surface area contributed by atoms with Crippen LogP contribution in [0.3, 0.4) is 0 Å². The van der Waals surface area contributed by atoms with Crippen LogP contribution in [-0.4, -0.2) is 35.6 Å². The first kappa shape index (κ1) is 45.9. The van der Waals surface area contributed by atoms with Gasteiger partial charge in [-0.15, -0.1) is 0 Å². The first-order valence-corrected chi connectivity index (χ1v) is 24.2. The third-order valence-electron chi connectivity index (χ3n) is 13.4. The topological polar surface area (TPSA) is 51.1 Å². The number of rotatable bonds is 19. The normalized spacial score (nSPS) is 18.3. The molecule has 346 valence electrons. The molecule has 1 aromatic heterocycles. The monoisotopic (exact) mass is 909 g/mol. The highest BCUT2D eigenvalue weighted by atomic mass is 16.6. The predicted octanol–water partition coefficient (Wildman–Crippen LogP) is 13.5. The Kier molecular flexibility index (Phi) is 14.6. The lowest BCUT2D eigenvalue weighted by molar-refractivity contribution is -0.292. The number of hydrogen-bond donors (Lipinski definition) is 0. The molecule has 0 amide bonds. The van der Waals surface area contributed by atoms with Crippen LogP contribution >= 0.6 is 0 Å². The minimum absolute atomic E-state index is 0.154. The molecular formula is C63H59NO5. The fourth-order valence-corrected chi connectivity index (χ4v) is 9.84. The molecule has 2 heterocycles. The van der Waals surface area contributed by atoms with Crippen molar-refractivity contribution >= 4 is 10.9 Å². The fraction of sp³-hybridized carbons (Fsp3) is 0.206. The lowest BCUT2D eigenvalue weighted by Crippen LogP contribution is -2.59. The van der Waals surface area contributed by atoms with E-state index in [0.717, 1.165) is 57.1 Å². The fourth-order valence-electron chi connectivity index (χ4n) is 9.84. The van der Waals surface area contributed by atoms with Crippen LogP contribution in [-0.2, 0) is 61.9 Å². The van der Waals surface area contributed by atoms with E-state index in [4.69, 9.17) is 23.7 Å². The summed E-state index contributed by atoms with van der Waals surface area (Å²) in [4.78, 5) is 0. The second-order valence-electron chi connectivity index (χ2n) is 17.9. The highest BCUT2D eigenvalue weighted by molar-refractivity contribution is 5.84. The number of aryl methyl sites for hydroxylation is 1. The van der Waals surface area contributed by atoms with E-state index in [1.165, 1.54) is 16.7 Å². The molecule has 6 heteroatoms. The first-order chi connectivity index (χ1) is 34.2. The zero-order valence-corrected chi connectivity index (χ0v) is 39.1. The van der Waals surface area contributed by atoms with E-state index >= 15 is 0 Å². The van der Waals surface area contributed by atoms with Crippen molar-refractivity contribution in [1.82, 2.24) is 4.57 Å². The highest BCUT2D eigenvalue weighted by Crippen LogP contribution is 2.43. The van der Waals surface area contributed by atoms with E-state index < -0.39 is 36.2 Å². The van der Waals surface area contributed by atoms with Gasteiger partial charge in [-0.1, -0.05) is 231 Å². The molecule has 1 aliphatic heterocycles. The van der Waals surface area contributed by atoms with Gasteiger partial charge in [0.25, 0.3) is 0 Å². The Hall–Kier alpha value is -6.90. The Morgan fingerprint density at radius 2 is 0.855 bits per heavy atom. The Morgan fingerprint density at radius 1 is 0.435 bits per heavy atom. The molecule has 5 atom stereocenters. The van der Waals surface area contributed by atoms with Crippen molar-refractivity contribution in [1.29, 1.82) is 0 Å². The van der Waals surface area contributed by atoms with Crippen molar-refractivity contribution in [2.75, 3.05) is 6.61 Å². The van der Waals surface area contributed by atoms with Gasteiger partial charge in [-0.3, -0.25) is 0 Å². The SMILES string of the molecule is CCc1ccc(Cc2cn([C@@H]3O[C@H](COC(c4ccccc4)(c4ccccc4)c4ccccc4)[C@@H](OCc4ccccc4)[C@H](OCc4ccccc4)[C@H]3OCc3ccccc3)c3ccccc23)cc1. The minimum Gasteiger partial charge on any atom is -0.368 e. The second-order valence-corrected chi connectivity index (χ2v) is 17.9. The van der Waals surface area contributed by atoms with Crippen LogP contribution in [0.25, 0.3) is 10.9 Å². The molecule has 0 radical (unpaired) electrons. The van der Waals surface area contributed by atoms with E-state index in [0.29, 0.717) is 19.8 Å².